The Balaban J connectivity index is 1.20. The Labute approximate surface area is 441 Å². The maximum absolute atomic E-state index is 15.7. The molecule has 0 amide bonds. The van der Waals surface area contributed by atoms with Gasteiger partial charge in [-0.15, -0.1) is 0 Å². The van der Waals surface area contributed by atoms with Gasteiger partial charge in [0.15, 0.2) is 22.7 Å². The molecule has 2 bridgehead atoms. The fourth-order valence-electron chi connectivity index (χ4n) is 12.5. The monoisotopic (exact) mass is 1040 g/mol. The zero-order valence-electron chi connectivity index (χ0n) is 44.3. The molecule has 402 valence electrons. The molecule has 1 aromatic heterocycles. The molecule has 3 aliphatic carbocycles. The van der Waals surface area contributed by atoms with Gasteiger partial charge in [-0.1, -0.05) is 55.4 Å². The number of esters is 2. The van der Waals surface area contributed by atoms with Crippen molar-refractivity contribution in [2.75, 3.05) is 13.7 Å². The van der Waals surface area contributed by atoms with Crippen LogP contribution < -0.4 is 18.9 Å². The van der Waals surface area contributed by atoms with Crippen molar-refractivity contribution in [3.8, 4) is 23.0 Å². The zero-order valence-corrected chi connectivity index (χ0v) is 44.3. The number of allylic oxidation sites excluding steroid dienone is 4. The highest BCUT2D eigenvalue weighted by molar-refractivity contribution is 6.15. The van der Waals surface area contributed by atoms with Crippen molar-refractivity contribution in [2.45, 2.75) is 141 Å². The van der Waals surface area contributed by atoms with E-state index in [-0.39, 0.29) is 47.1 Å². The van der Waals surface area contributed by atoms with Gasteiger partial charge in [-0.3, -0.25) is 4.79 Å². The molecule has 3 saturated carbocycles. The molecule has 17 heteroatoms. The molecule has 7 aliphatic rings. The summed E-state index contributed by atoms with van der Waals surface area (Å²) in [5.41, 5.74) is 0.862. The normalized spacial score (nSPS) is 30.7. The van der Waals surface area contributed by atoms with Crippen LogP contribution in [0, 0.1) is 23.7 Å². The summed E-state index contributed by atoms with van der Waals surface area (Å²) in [5.74, 6) is -2.87. The van der Waals surface area contributed by atoms with Crippen molar-refractivity contribution in [2.24, 2.45) is 28.7 Å². The van der Waals surface area contributed by atoms with Gasteiger partial charge in [0.05, 0.1) is 59.1 Å². The van der Waals surface area contributed by atoms with E-state index in [1.807, 2.05) is 81.7 Å². The molecule has 4 fully saturated rings. The lowest BCUT2D eigenvalue weighted by Gasteiger charge is -2.68. The highest BCUT2D eigenvalue weighted by Gasteiger charge is 2.79. The largest absolute Gasteiger partial charge is 0.482 e. The minimum absolute atomic E-state index is 0.0796. The first-order chi connectivity index (χ1) is 36.2. The van der Waals surface area contributed by atoms with Crippen LogP contribution in [0.1, 0.15) is 114 Å². The summed E-state index contributed by atoms with van der Waals surface area (Å²) >= 11 is 0. The molecule has 1 saturated heterocycles. The fraction of sp³-hybridized carbons (Fsp3) is 0.475. The Hall–Kier alpha value is -6.47. The summed E-state index contributed by atoms with van der Waals surface area (Å²) in [7, 11) is 1.28. The third-order valence-electron chi connectivity index (χ3n) is 16.3. The number of carbonyl (C=O) groups excluding carboxylic acids is 3. The van der Waals surface area contributed by atoms with Crippen LogP contribution in [0.3, 0.4) is 0 Å². The average molecular weight is 1040 g/mol. The molecule has 7 unspecified atom stereocenters. The Morgan fingerprint density at radius 2 is 1.66 bits per heavy atom. The van der Waals surface area contributed by atoms with Crippen molar-refractivity contribution in [3.05, 3.63) is 112 Å². The Morgan fingerprint density at radius 1 is 0.934 bits per heavy atom. The molecule has 11 rings (SSSR count). The van der Waals surface area contributed by atoms with Crippen molar-refractivity contribution in [1.29, 1.82) is 0 Å². The van der Waals surface area contributed by atoms with Crippen LogP contribution >= 0.6 is 0 Å². The topological polar surface area (TPSA) is 238 Å². The number of ketones is 1. The number of Topliss-reactive ketones (excluding diaryl/α,β-unsaturated/α-hetero) is 1. The molecule has 5 heterocycles. The molecule has 12 atom stereocenters. The first kappa shape index (κ1) is 52.9. The highest BCUT2D eigenvalue weighted by Crippen LogP contribution is 2.69. The van der Waals surface area contributed by atoms with Crippen LogP contribution in [0.25, 0.3) is 17.1 Å². The Bertz CT molecular complexity index is 3160. The van der Waals surface area contributed by atoms with Crippen LogP contribution in [-0.4, -0.2) is 120 Å². The minimum atomic E-state index is -2.23. The van der Waals surface area contributed by atoms with E-state index in [9.17, 15) is 35.1 Å². The molecular formula is C59H67N3O14. The number of carbonyl (C=O) groups is 3. The SMILES string of the molecule is COC(=O)C(C)=CCC1(O)C(=O)C2CC(C(C)C)C13Oc1c(CC=C(C)C)c4c(c(OC(=O)c5ccc(O[C@@H]6O[C@H](CO)[C@@H](O)[C@H](O)[C@H]6O)cc5)c1C1=Nc5nc6ccccc6n5C2C13)C=CC(C)(CCC=C(C)C)O4. The summed E-state index contributed by atoms with van der Waals surface area (Å²) in [4.78, 5) is 54.1. The summed E-state index contributed by atoms with van der Waals surface area (Å²) in [5, 5.41) is 54.9. The van der Waals surface area contributed by atoms with Crippen molar-refractivity contribution < 1.29 is 68.3 Å². The van der Waals surface area contributed by atoms with E-state index in [1.54, 1.807) is 13.0 Å². The average Bonchev–Trinajstić information content (AvgIpc) is 3.93. The number of nitrogens with zero attached hydrogens (tertiary/aromatic N) is 3. The van der Waals surface area contributed by atoms with Gasteiger partial charge in [0, 0.05) is 29.4 Å². The number of hydrogen-bond acceptors (Lipinski definition) is 16. The standard InChI is InChI=1S/C59H67N3O14/c1-29(2)13-12-24-57(8)25-23-36-49(75-57)35(21-16-30(3)4)51-42(50(36)74-54(69)33-17-19-34(20-18-33)72-55-48(66)47(65)46(64)41(28-63)73-55)44-43-45(62-40-15-11-10-14-39(40)60-56(62)61-44)37-27-38(31(5)6)59(43,76-51)58(70,52(37)67)26-22-32(7)53(68)71-9/h10-11,13-20,22-23,25,31,37-38,41,43,45-48,55,63-66,70H,12,21,24,26-28H2,1-9H3/t37?,38?,41-,43?,45?,46-,47+,48-,55-,57?,58?,59?/m1/s1. The number of imidazole rings is 1. The number of aliphatic imine (C=N–C) groups is 1. The number of rotatable bonds is 14. The molecule has 4 aromatic rings. The van der Waals surface area contributed by atoms with Gasteiger partial charge in [-0.05, 0) is 122 Å². The lowest BCUT2D eigenvalue weighted by atomic mass is 9.43. The van der Waals surface area contributed by atoms with Gasteiger partial charge in [-0.25, -0.2) is 19.6 Å². The molecular weight excluding hydrogens is 975 g/mol. The molecule has 76 heavy (non-hydrogen) atoms. The third kappa shape index (κ3) is 8.50. The van der Waals surface area contributed by atoms with E-state index in [4.69, 9.17) is 38.4 Å². The predicted octanol–water partition coefficient (Wildman–Crippen LogP) is 7.39. The number of benzene rings is 3. The molecule has 0 radical (unpaired) electrons. The number of hydrogen-bond donors (Lipinski definition) is 5. The molecule has 1 spiro atoms. The van der Waals surface area contributed by atoms with E-state index >= 15 is 4.79 Å². The second kappa shape index (κ2) is 19.8. The molecule has 5 N–H and O–H groups in total. The fourth-order valence-corrected chi connectivity index (χ4v) is 12.5. The summed E-state index contributed by atoms with van der Waals surface area (Å²) in [6, 6.07) is 12.8. The van der Waals surface area contributed by atoms with E-state index in [2.05, 4.69) is 19.9 Å². The minimum Gasteiger partial charge on any atom is -0.482 e. The van der Waals surface area contributed by atoms with Crippen LogP contribution in [-0.2, 0) is 25.5 Å². The van der Waals surface area contributed by atoms with Gasteiger partial charge in [0.1, 0.15) is 47.3 Å². The van der Waals surface area contributed by atoms with Gasteiger partial charge >= 0.3 is 11.9 Å². The summed E-state index contributed by atoms with van der Waals surface area (Å²) < 4.78 is 40.2. The van der Waals surface area contributed by atoms with Crippen molar-refractivity contribution in [1.82, 2.24) is 9.55 Å². The second-order valence-corrected chi connectivity index (χ2v) is 22.2. The number of fused-ring (bicyclic) bond motifs is 8. The number of para-hydroxylation sites is 2. The van der Waals surface area contributed by atoms with Gasteiger partial charge in [-0.2, -0.15) is 0 Å². The third-order valence-corrected chi connectivity index (χ3v) is 16.3. The van der Waals surface area contributed by atoms with E-state index in [0.29, 0.717) is 58.9 Å². The summed E-state index contributed by atoms with van der Waals surface area (Å²) in [6.07, 6.45) is 3.74. The maximum Gasteiger partial charge on any atom is 0.343 e. The second-order valence-electron chi connectivity index (χ2n) is 22.2. The maximum atomic E-state index is 15.7. The van der Waals surface area contributed by atoms with Crippen molar-refractivity contribution >= 4 is 46.5 Å². The first-order valence-corrected chi connectivity index (χ1v) is 26.1. The molecule has 3 aromatic carbocycles. The van der Waals surface area contributed by atoms with E-state index in [1.165, 1.54) is 31.4 Å². The highest BCUT2D eigenvalue weighted by atomic mass is 16.7. The molecule has 4 aliphatic heterocycles. The predicted molar refractivity (Wildman–Crippen MR) is 281 cm³/mol. The van der Waals surface area contributed by atoms with Crippen molar-refractivity contribution in [3.63, 3.8) is 0 Å². The van der Waals surface area contributed by atoms with Crippen LogP contribution in [0.4, 0.5) is 5.95 Å². The lowest BCUT2D eigenvalue weighted by molar-refractivity contribution is -0.277. The lowest BCUT2D eigenvalue weighted by Crippen LogP contribution is -2.82. The molecule has 17 nitrogen and oxygen atoms in total. The van der Waals surface area contributed by atoms with E-state index < -0.39 is 95.6 Å². The van der Waals surface area contributed by atoms with Crippen LogP contribution in [0.2, 0.25) is 0 Å². The Kier molecular flexibility index (Phi) is 13.8. The summed E-state index contributed by atoms with van der Waals surface area (Å²) in [6.45, 7) is 15.1. The number of ether oxygens (including phenoxy) is 6. The number of aliphatic hydroxyl groups is 5. The van der Waals surface area contributed by atoms with Gasteiger partial charge in [0.25, 0.3) is 0 Å². The number of aliphatic hydroxyl groups excluding tert-OH is 4. The van der Waals surface area contributed by atoms with Crippen LogP contribution in [0.15, 0.2) is 94.5 Å². The van der Waals surface area contributed by atoms with Crippen LogP contribution in [0.5, 0.6) is 23.0 Å². The first-order valence-electron chi connectivity index (χ1n) is 26.1. The van der Waals surface area contributed by atoms with Gasteiger partial charge in [0.2, 0.25) is 12.2 Å². The smallest absolute Gasteiger partial charge is 0.343 e. The quantitative estimate of drug-likeness (QED) is 0.0358. The van der Waals surface area contributed by atoms with Gasteiger partial charge < -0.3 is 58.5 Å². The number of methoxy groups -OCH3 is 1. The number of aromatic nitrogens is 2. The van der Waals surface area contributed by atoms with E-state index in [0.717, 1.165) is 16.7 Å². The Morgan fingerprint density at radius 3 is 2.34 bits per heavy atom. The zero-order chi connectivity index (χ0) is 54.3.